The van der Waals surface area contributed by atoms with Crippen LogP contribution in [-0.2, 0) is 0 Å². The van der Waals surface area contributed by atoms with Crippen LogP contribution < -0.4 is 10.2 Å². The lowest BCUT2D eigenvalue weighted by Crippen LogP contribution is -2.50. The third-order valence-corrected chi connectivity index (χ3v) is 7.66. The summed E-state index contributed by atoms with van der Waals surface area (Å²) in [6.07, 6.45) is 1.26. The molecule has 1 unspecified atom stereocenters. The van der Waals surface area contributed by atoms with Crippen molar-refractivity contribution in [1.82, 2.24) is 15.1 Å². The molecule has 1 atom stereocenters. The number of halogens is 3. The number of aromatic nitrogens is 2. The van der Waals surface area contributed by atoms with Gasteiger partial charge in [-0.1, -0.05) is 24.3 Å². The van der Waals surface area contributed by atoms with Gasteiger partial charge in [0.05, 0.1) is 11.7 Å². The van der Waals surface area contributed by atoms with E-state index in [1.165, 1.54) is 44.1 Å². The first-order chi connectivity index (χ1) is 16.4. The monoisotopic (exact) mass is 501 g/mol. The summed E-state index contributed by atoms with van der Waals surface area (Å²) in [7, 11) is 0. The summed E-state index contributed by atoms with van der Waals surface area (Å²) < 4.78 is 26.8. The average molecular weight is 502 g/mol. The molecular weight excluding hydrogens is 468 g/mol. The molecule has 5 nitrogen and oxygen atoms in total. The first-order valence-corrected chi connectivity index (χ1v) is 12.3. The first kappa shape index (κ1) is 25.6. The van der Waals surface area contributed by atoms with E-state index in [9.17, 15) is 8.78 Å². The van der Waals surface area contributed by atoms with E-state index in [4.69, 9.17) is 0 Å². The molecule has 0 saturated carbocycles. The van der Waals surface area contributed by atoms with Gasteiger partial charge < -0.3 is 15.1 Å². The largest absolute Gasteiger partial charge is 0.371 e. The highest BCUT2D eigenvalue weighted by atomic mass is 35.5. The number of hydrogen-bond donors (Lipinski definition) is 1. The Labute approximate surface area is 212 Å². The smallest absolute Gasteiger partial charge is 0.264 e. The quantitative estimate of drug-likeness (QED) is 0.420. The van der Waals surface area contributed by atoms with Crippen LogP contribution in [0.5, 0.6) is 0 Å². The summed E-state index contributed by atoms with van der Waals surface area (Å²) in [5, 5.41) is 14.4. The molecule has 0 bridgehead atoms. The van der Waals surface area contributed by atoms with Crippen LogP contribution in [0.15, 0.2) is 36.4 Å². The van der Waals surface area contributed by atoms with Crippen molar-refractivity contribution in [2.24, 2.45) is 0 Å². The van der Waals surface area contributed by atoms with Gasteiger partial charge in [0, 0.05) is 41.2 Å². The molecule has 2 fully saturated rings. The number of nitrogens with zero attached hydrogens (tertiary/aromatic N) is 4. The van der Waals surface area contributed by atoms with Crippen LogP contribution in [0.1, 0.15) is 61.0 Å². The number of rotatable bonds is 6. The summed E-state index contributed by atoms with van der Waals surface area (Å²) in [5.74, 6) is 0.687. The van der Waals surface area contributed by atoms with Crippen molar-refractivity contribution in [2.75, 3.05) is 36.4 Å². The van der Waals surface area contributed by atoms with Crippen LogP contribution in [0.2, 0.25) is 0 Å². The van der Waals surface area contributed by atoms with Crippen molar-refractivity contribution < 1.29 is 8.78 Å². The summed E-state index contributed by atoms with van der Waals surface area (Å²) in [6, 6.07) is 12.2. The number of hydrogen-bond acceptors (Lipinski definition) is 5. The van der Waals surface area contributed by atoms with Crippen molar-refractivity contribution in [3.8, 4) is 0 Å². The second kappa shape index (κ2) is 10.6. The summed E-state index contributed by atoms with van der Waals surface area (Å²) in [4.78, 5) is 5.08. The number of fused-ring (bicyclic) bond motifs is 1. The average Bonchev–Trinajstić information content (AvgIpc) is 2.80. The maximum atomic E-state index is 13.4. The molecule has 5 rings (SSSR count). The molecule has 2 aliphatic heterocycles. The molecule has 2 aromatic carbocycles. The van der Waals surface area contributed by atoms with Crippen molar-refractivity contribution in [2.45, 2.75) is 58.5 Å². The van der Waals surface area contributed by atoms with Crippen LogP contribution in [0.4, 0.5) is 20.3 Å². The van der Waals surface area contributed by atoms with Crippen LogP contribution >= 0.6 is 12.4 Å². The Balaban J connectivity index is 0.00000289. The second-order valence-electron chi connectivity index (χ2n) is 9.70. The maximum absolute atomic E-state index is 13.4. The zero-order chi connectivity index (χ0) is 23.8. The van der Waals surface area contributed by atoms with Gasteiger partial charge >= 0.3 is 0 Å². The molecule has 2 aliphatic rings. The number of likely N-dealkylation sites (tertiary alicyclic amines) is 1. The molecule has 2 saturated heterocycles. The number of benzene rings is 2. The predicted octanol–water partition coefficient (Wildman–Crippen LogP) is 6.45. The Hall–Kier alpha value is -2.51. The van der Waals surface area contributed by atoms with Gasteiger partial charge in [-0.25, -0.2) is 8.78 Å². The van der Waals surface area contributed by atoms with E-state index in [1.54, 1.807) is 13.0 Å². The molecule has 8 heteroatoms. The maximum Gasteiger partial charge on any atom is 0.264 e. The van der Waals surface area contributed by atoms with Crippen molar-refractivity contribution in [3.05, 3.63) is 58.8 Å². The fraction of sp³-hybridized carbons (Fsp3) is 0.481. The number of piperidine rings is 1. The minimum absolute atomic E-state index is 0. The van der Waals surface area contributed by atoms with Gasteiger partial charge in [0.2, 0.25) is 0 Å². The summed E-state index contributed by atoms with van der Waals surface area (Å²) in [6.45, 7) is 10.3. The van der Waals surface area contributed by atoms with Gasteiger partial charge in [0.25, 0.3) is 6.43 Å². The van der Waals surface area contributed by atoms with E-state index in [1.807, 2.05) is 19.9 Å². The molecule has 3 heterocycles. The highest BCUT2D eigenvalue weighted by Crippen LogP contribution is 2.34. The van der Waals surface area contributed by atoms with Crippen LogP contribution in [0.3, 0.4) is 0 Å². The van der Waals surface area contributed by atoms with E-state index in [0.717, 1.165) is 41.2 Å². The third-order valence-electron chi connectivity index (χ3n) is 7.66. The second-order valence-corrected chi connectivity index (χ2v) is 9.70. The van der Waals surface area contributed by atoms with Crippen LogP contribution in [0.25, 0.3) is 10.8 Å². The Morgan fingerprint density at radius 3 is 2.31 bits per heavy atom. The Morgan fingerprint density at radius 1 is 0.943 bits per heavy atom. The molecule has 3 aromatic rings. The normalized spacial score (nSPS) is 17.8. The molecule has 0 aliphatic carbocycles. The van der Waals surface area contributed by atoms with Gasteiger partial charge in [0.1, 0.15) is 0 Å². The zero-order valence-corrected chi connectivity index (χ0v) is 21.4. The van der Waals surface area contributed by atoms with Crippen molar-refractivity contribution >= 4 is 34.7 Å². The fourth-order valence-corrected chi connectivity index (χ4v) is 5.44. The SMILES string of the molecule is Cc1c(C(F)F)cccc1C(C)Nc1nnc(C)c2ccc(N3CCC(N4CCC4)CC3)cc12.Cl. The number of alkyl halides is 2. The van der Waals surface area contributed by atoms with E-state index in [0.29, 0.717) is 11.4 Å². The minimum Gasteiger partial charge on any atom is -0.371 e. The summed E-state index contributed by atoms with van der Waals surface area (Å²) >= 11 is 0. The van der Waals surface area contributed by atoms with Gasteiger partial charge in [-0.3, -0.25) is 0 Å². The molecule has 0 amide bonds. The van der Waals surface area contributed by atoms with E-state index in [-0.39, 0.29) is 24.0 Å². The van der Waals surface area contributed by atoms with E-state index < -0.39 is 6.43 Å². The van der Waals surface area contributed by atoms with Crippen molar-refractivity contribution in [1.29, 1.82) is 0 Å². The minimum atomic E-state index is -2.49. The molecule has 35 heavy (non-hydrogen) atoms. The number of anilines is 2. The number of nitrogens with one attached hydrogen (secondary N) is 1. The Kier molecular flexibility index (Phi) is 7.77. The van der Waals surface area contributed by atoms with E-state index >= 15 is 0 Å². The third kappa shape index (κ3) is 5.07. The Bertz CT molecular complexity index is 1180. The van der Waals surface area contributed by atoms with Crippen LogP contribution in [-0.4, -0.2) is 47.3 Å². The lowest BCUT2D eigenvalue weighted by molar-refractivity contribution is 0.100. The zero-order valence-electron chi connectivity index (χ0n) is 20.6. The molecular formula is C27H34ClF2N5. The number of aryl methyl sites for hydroxylation is 1. The lowest BCUT2D eigenvalue weighted by Gasteiger charge is -2.43. The molecule has 0 radical (unpaired) electrons. The van der Waals surface area contributed by atoms with Gasteiger partial charge in [-0.15, -0.1) is 17.5 Å². The fourth-order valence-electron chi connectivity index (χ4n) is 5.44. The van der Waals surface area contributed by atoms with Crippen molar-refractivity contribution in [3.63, 3.8) is 0 Å². The highest BCUT2D eigenvalue weighted by molar-refractivity contribution is 5.95. The molecule has 188 valence electrons. The van der Waals surface area contributed by atoms with Gasteiger partial charge in [-0.2, -0.15) is 5.10 Å². The van der Waals surface area contributed by atoms with Crippen LogP contribution in [0, 0.1) is 13.8 Å². The molecule has 0 spiro atoms. The molecule has 1 N–H and O–H groups in total. The van der Waals surface area contributed by atoms with Gasteiger partial charge in [-0.05, 0) is 76.4 Å². The highest BCUT2D eigenvalue weighted by Gasteiger charge is 2.28. The summed E-state index contributed by atoms with van der Waals surface area (Å²) in [5.41, 5.74) is 3.63. The standard InChI is InChI=1S/C27H33F2N5.ClH/c1-17-22(6-4-7-23(17)26(28)29)18(2)30-27-25-16-21(8-9-24(25)19(3)31-32-27)34-14-10-20(11-15-34)33-12-5-13-33;/h4,6-9,16,18,20,26H,5,10-15H2,1-3H3,(H,30,32);1H. The van der Waals surface area contributed by atoms with Gasteiger partial charge in [0.15, 0.2) is 5.82 Å². The predicted molar refractivity (Wildman–Crippen MR) is 141 cm³/mol. The first-order valence-electron chi connectivity index (χ1n) is 12.3. The molecule has 1 aromatic heterocycles. The Morgan fingerprint density at radius 2 is 1.66 bits per heavy atom. The topological polar surface area (TPSA) is 44.3 Å². The lowest BCUT2D eigenvalue weighted by atomic mass is 9.97. The van der Waals surface area contributed by atoms with E-state index in [2.05, 4.69) is 43.5 Å².